The number of likely N-dealkylation sites (N-methyl/N-ethyl adjacent to an activating group) is 2. The van der Waals surface area contributed by atoms with E-state index < -0.39 is 54.7 Å². The zero-order valence-corrected chi connectivity index (χ0v) is 43.9. The zero-order valence-electron chi connectivity index (χ0n) is 40.6. The normalized spacial score (nSPS) is 20.3. The Labute approximate surface area is 419 Å². The fourth-order valence-corrected chi connectivity index (χ4v) is 13.3. The number of anilines is 4. The predicted molar refractivity (Wildman–Crippen MR) is 273 cm³/mol. The Hall–Kier alpha value is -5.12. The summed E-state index contributed by atoms with van der Waals surface area (Å²) in [5.74, 6) is -6.37. The number of para-hydroxylation sites is 2. The lowest BCUT2D eigenvalue weighted by Gasteiger charge is -2.41. The monoisotopic (exact) mass is 1040 g/mol. The molecule has 0 aliphatic carbocycles. The summed E-state index contributed by atoms with van der Waals surface area (Å²) >= 11 is 2.59. The summed E-state index contributed by atoms with van der Waals surface area (Å²) < 4.78 is 96.8. The average Bonchev–Trinajstić information content (AvgIpc) is 3.48. The molecule has 4 aromatic rings. The van der Waals surface area contributed by atoms with Crippen LogP contribution < -0.4 is 19.3 Å². The lowest BCUT2D eigenvalue weighted by atomic mass is 9.88. The van der Waals surface area contributed by atoms with Crippen LogP contribution >= 0.6 is 23.5 Å². The predicted octanol–water partition coefficient (Wildman–Crippen LogP) is 11.6. The maximum Gasteiger partial charge on any atom is 0.368 e. The van der Waals surface area contributed by atoms with Crippen LogP contribution in [0.5, 0.6) is 11.5 Å². The Morgan fingerprint density at radius 3 is 1.26 bits per heavy atom. The smallest absolute Gasteiger partial charge is 0.368 e. The number of unbranched alkanes of at least 4 members (excludes halogenated alkanes) is 2. The van der Waals surface area contributed by atoms with Crippen molar-refractivity contribution in [2.75, 3.05) is 49.5 Å². The number of fused-ring (bicyclic) bond motifs is 2. The minimum Gasteiger partial charge on any atom is -0.476 e. The third-order valence-electron chi connectivity index (χ3n) is 13.0. The SMILES string of the molecule is CCCC[C@@]1(CC)CN(c2ccccc2)c2cc(SC)c(O/C=C(\F)C(=O)O)cc2S(=O)(=O)N1C.CCCC[C@]1(CC)CN(c2ccccc2)c2cc(SC)c(O/C=C(\F)C(=O)O)cc2S(=O)(=O)N1C. The third-order valence-corrected chi connectivity index (χ3v) is 18.5. The van der Waals surface area contributed by atoms with Crippen LogP contribution in [0, 0.1) is 0 Å². The number of benzene rings is 4. The molecule has 14 nitrogen and oxygen atoms in total. The van der Waals surface area contributed by atoms with Crippen molar-refractivity contribution in [3.63, 3.8) is 0 Å². The van der Waals surface area contributed by atoms with Crippen molar-refractivity contribution in [1.29, 1.82) is 0 Å². The molecule has 0 saturated heterocycles. The van der Waals surface area contributed by atoms with Crippen LogP contribution in [-0.2, 0) is 29.6 Å². The standard InChI is InChI=1S/2C25H31FN2O5S2/c2*1-5-7-13-25(6-2)17-28(18-11-9-8-10-12-18)20-14-22(34-4)21(33-16-19(26)24(29)30)15-23(20)35(31,32)27(25)3/h2*8-12,14-16H,5-7,13,17H2,1-4H3,(H,29,30)/b2*19-16-/t2*25-/m10/s1. The quantitative estimate of drug-likeness (QED) is 0.0547. The van der Waals surface area contributed by atoms with Gasteiger partial charge in [0.25, 0.3) is 0 Å². The molecule has 0 saturated carbocycles. The summed E-state index contributed by atoms with van der Waals surface area (Å²) in [5.41, 5.74) is 1.39. The largest absolute Gasteiger partial charge is 0.476 e. The van der Waals surface area contributed by atoms with Crippen LogP contribution in [0.3, 0.4) is 0 Å². The second-order valence-corrected chi connectivity index (χ2v) is 22.4. The first kappa shape index (κ1) is 55.8. The van der Waals surface area contributed by atoms with E-state index in [0.29, 0.717) is 72.5 Å². The molecule has 0 bridgehead atoms. The number of rotatable bonds is 18. The Morgan fingerprint density at radius 2 is 0.971 bits per heavy atom. The second-order valence-electron chi connectivity index (χ2n) is 16.9. The molecule has 70 heavy (non-hydrogen) atoms. The minimum atomic E-state index is -3.98. The minimum absolute atomic E-state index is 0.0209. The van der Waals surface area contributed by atoms with Crippen molar-refractivity contribution in [3.05, 3.63) is 109 Å². The summed E-state index contributed by atoms with van der Waals surface area (Å²) in [5, 5.41) is 17.6. The van der Waals surface area contributed by atoms with Crippen LogP contribution in [0.15, 0.2) is 129 Å². The molecule has 0 aromatic heterocycles. The molecule has 6 rings (SSSR count). The van der Waals surface area contributed by atoms with Gasteiger partial charge in [0.1, 0.15) is 33.8 Å². The van der Waals surface area contributed by atoms with E-state index in [1.54, 1.807) is 38.7 Å². The number of carbonyl (C=O) groups is 2. The van der Waals surface area contributed by atoms with Crippen molar-refractivity contribution in [2.24, 2.45) is 0 Å². The van der Waals surface area contributed by atoms with E-state index in [2.05, 4.69) is 13.8 Å². The highest BCUT2D eigenvalue weighted by molar-refractivity contribution is 7.99. The molecule has 20 heteroatoms. The van der Waals surface area contributed by atoms with Crippen molar-refractivity contribution in [1.82, 2.24) is 8.61 Å². The number of hydrogen-bond donors (Lipinski definition) is 2. The molecule has 0 fully saturated rings. The van der Waals surface area contributed by atoms with E-state index in [-0.39, 0.29) is 21.3 Å². The molecule has 0 amide bonds. The Balaban J connectivity index is 0.000000261. The number of nitrogens with zero attached hydrogens (tertiary/aromatic N) is 4. The van der Waals surface area contributed by atoms with Gasteiger partial charge in [0.15, 0.2) is 0 Å². The van der Waals surface area contributed by atoms with Gasteiger partial charge in [0.05, 0.1) is 32.2 Å². The molecule has 2 heterocycles. The van der Waals surface area contributed by atoms with E-state index in [4.69, 9.17) is 19.7 Å². The Morgan fingerprint density at radius 1 is 0.629 bits per heavy atom. The van der Waals surface area contributed by atoms with Crippen molar-refractivity contribution < 1.29 is 54.9 Å². The fraction of sp³-hybridized carbons (Fsp3) is 0.400. The van der Waals surface area contributed by atoms with Gasteiger partial charge in [-0.3, -0.25) is 0 Å². The topological polar surface area (TPSA) is 174 Å². The number of hydrogen-bond acceptors (Lipinski definition) is 12. The van der Waals surface area contributed by atoms with Crippen LogP contribution in [0.2, 0.25) is 0 Å². The number of halogens is 2. The van der Waals surface area contributed by atoms with Crippen LogP contribution in [0.1, 0.15) is 79.1 Å². The summed E-state index contributed by atoms with van der Waals surface area (Å²) in [6.45, 7) is 9.08. The van der Waals surface area contributed by atoms with Gasteiger partial charge in [-0.25, -0.2) is 26.4 Å². The molecule has 4 aromatic carbocycles. The highest BCUT2D eigenvalue weighted by Crippen LogP contribution is 2.49. The molecular weight excluding hydrogens is 983 g/mol. The summed E-state index contributed by atoms with van der Waals surface area (Å²) in [7, 11) is -4.74. The molecule has 0 radical (unpaired) electrons. The number of aliphatic carboxylic acids is 2. The van der Waals surface area contributed by atoms with E-state index in [1.807, 2.05) is 84.3 Å². The van der Waals surface area contributed by atoms with Gasteiger partial charge in [0.2, 0.25) is 31.7 Å². The van der Waals surface area contributed by atoms with Gasteiger partial charge in [-0.2, -0.15) is 17.4 Å². The molecule has 2 aliphatic heterocycles. The maximum atomic E-state index is 14.0. The van der Waals surface area contributed by atoms with Crippen molar-refractivity contribution in [2.45, 2.75) is 110 Å². The summed E-state index contributed by atoms with van der Waals surface area (Å²) in [4.78, 5) is 26.9. The Kier molecular flexibility index (Phi) is 19.0. The van der Waals surface area contributed by atoms with Gasteiger partial charge in [0, 0.05) is 50.7 Å². The summed E-state index contributed by atoms with van der Waals surface area (Å²) in [6, 6.07) is 25.4. The van der Waals surface area contributed by atoms with Gasteiger partial charge in [-0.15, -0.1) is 23.5 Å². The van der Waals surface area contributed by atoms with E-state index >= 15 is 0 Å². The van der Waals surface area contributed by atoms with E-state index in [9.17, 15) is 35.2 Å². The van der Waals surface area contributed by atoms with Gasteiger partial charge in [-0.1, -0.05) is 89.8 Å². The highest BCUT2D eigenvalue weighted by atomic mass is 32.2. The van der Waals surface area contributed by atoms with Crippen LogP contribution in [-0.4, -0.2) is 98.4 Å². The number of carboxylic acid groups (broad SMARTS) is 2. The highest BCUT2D eigenvalue weighted by Gasteiger charge is 2.48. The first-order valence-corrected chi connectivity index (χ1v) is 28.1. The molecular formula is C50H62F2N4O10S4. The van der Waals surface area contributed by atoms with Crippen LogP contribution in [0.25, 0.3) is 0 Å². The zero-order chi connectivity index (χ0) is 51.6. The van der Waals surface area contributed by atoms with Crippen molar-refractivity contribution in [3.8, 4) is 11.5 Å². The lowest BCUT2D eigenvalue weighted by Crippen LogP contribution is -2.53. The molecule has 0 unspecified atom stereocenters. The molecule has 2 N–H and O–H groups in total. The lowest BCUT2D eigenvalue weighted by molar-refractivity contribution is -0.135. The van der Waals surface area contributed by atoms with E-state index in [1.165, 1.54) is 44.3 Å². The van der Waals surface area contributed by atoms with Gasteiger partial charge >= 0.3 is 11.9 Å². The van der Waals surface area contributed by atoms with Gasteiger partial charge < -0.3 is 29.5 Å². The molecule has 380 valence electrons. The first-order valence-electron chi connectivity index (χ1n) is 22.8. The molecule has 2 aliphatic rings. The second kappa shape index (κ2) is 23.9. The number of thioether (sulfide) groups is 2. The van der Waals surface area contributed by atoms with Gasteiger partial charge in [-0.05, 0) is 74.6 Å². The average molecular weight is 1050 g/mol. The number of carboxylic acids is 2. The van der Waals surface area contributed by atoms with Crippen LogP contribution in [0.4, 0.5) is 31.5 Å². The number of sulfonamides is 2. The molecule has 0 spiro atoms. The molecule has 2 atom stereocenters. The van der Waals surface area contributed by atoms with Crippen molar-refractivity contribution >= 4 is 78.3 Å². The summed E-state index contributed by atoms with van der Waals surface area (Å²) in [6.07, 6.45) is 10.8. The number of ether oxygens (including phenoxy) is 2. The van der Waals surface area contributed by atoms with E-state index in [0.717, 1.165) is 37.1 Å². The Bertz CT molecular complexity index is 2600. The fourth-order valence-electron chi connectivity index (χ4n) is 8.68. The first-order chi connectivity index (χ1) is 33.2. The third kappa shape index (κ3) is 11.8. The maximum absolute atomic E-state index is 14.0.